The lowest BCUT2D eigenvalue weighted by Gasteiger charge is -2.50. The molecule has 5 aliphatic rings. The van der Waals surface area contributed by atoms with Crippen molar-refractivity contribution in [1.82, 2.24) is 4.90 Å². The van der Waals surface area contributed by atoms with E-state index in [1.54, 1.807) is 0 Å². The summed E-state index contributed by atoms with van der Waals surface area (Å²) in [5, 5.41) is 9.42. The predicted molar refractivity (Wildman–Crippen MR) is 74.5 cm³/mol. The number of nitrogens with zero attached hydrogens (tertiary/aromatic N) is 1. The van der Waals surface area contributed by atoms with Gasteiger partial charge in [-0.25, -0.2) is 0 Å². The number of carbonyl (C=O) groups excluding carboxylic acids is 1. The molecular formula is C16H23NO4. The van der Waals surface area contributed by atoms with Crippen LogP contribution in [-0.2, 0) is 14.3 Å². The summed E-state index contributed by atoms with van der Waals surface area (Å²) in [6, 6.07) is -0.0694. The second-order valence-electron chi connectivity index (χ2n) is 7.32. The first-order valence-electron chi connectivity index (χ1n) is 8.28. The van der Waals surface area contributed by atoms with E-state index in [9.17, 15) is 14.7 Å². The Morgan fingerprint density at radius 1 is 1.05 bits per heavy atom. The molecule has 0 aromatic rings. The normalized spacial score (nSPS) is 44.9. The summed E-state index contributed by atoms with van der Waals surface area (Å²) in [5.41, 5.74) is 0. The maximum atomic E-state index is 13.0. The van der Waals surface area contributed by atoms with Crippen LogP contribution in [0.5, 0.6) is 0 Å². The van der Waals surface area contributed by atoms with E-state index < -0.39 is 5.97 Å². The van der Waals surface area contributed by atoms with Gasteiger partial charge in [0.25, 0.3) is 0 Å². The second kappa shape index (κ2) is 4.97. The van der Waals surface area contributed by atoms with E-state index >= 15 is 0 Å². The molecule has 116 valence electrons. The number of carboxylic acids is 1. The first kappa shape index (κ1) is 13.6. The van der Waals surface area contributed by atoms with Crippen LogP contribution in [0, 0.1) is 23.7 Å². The number of carbonyl (C=O) groups is 2. The third kappa shape index (κ3) is 2.17. The molecule has 0 aromatic heterocycles. The first-order chi connectivity index (χ1) is 10.1. The van der Waals surface area contributed by atoms with Gasteiger partial charge in [-0.2, -0.15) is 0 Å². The molecule has 5 heteroatoms. The highest BCUT2D eigenvalue weighted by molar-refractivity contribution is 5.81. The van der Waals surface area contributed by atoms with E-state index in [2.05, 4.69) is 0 Å². The van der Waals surface area contributed by atoms with Crippen molar-refractivity contribution >= 4 is 11.9 Å². The molecule has 2 aliphatic carbocycles. The number of fused-ring (bicyclic) bond motifs is 5. The average molecular weight is 293 g/mol. The molecule has 2 saturated carbocycles. The Bertz CT molecular complexity index is 465. The summed E-state index contributed by atoms with van der Waals surface area (Å²) in [6.45, 7) is 1.49. The quantitative estimate of drug-likeness (QED) is 0.838. The summed E-state index contributed by atoms with van der Waals surface area (Å²) < 4.78 is 5.70. The number of aliphatic carboxylic acids is 1. The Balaban J connectivity index is 1.52. The fourth-order valence-corrected chi connectivity index (χ4v) is 5.07. The Morgan fingerprint density at radius 2 is 1.90 bits per heavy atom. The van der Waals surface area contributed by atoms with Gasteiger partial charge in [0.1, 0.15) is 0 Å². The lowest BCUT2D eigenvalue weighted by atomic mass is 9.71. The lowest BCUT2D eigenvalue weighted by Crippen LogP contribution is -2.59. The van der Waals surface area contributed by atoms with Crippen molar-refractivity contribution in [2.24, 2.45) is 23.7 Å². The SMILES string of the molecule is O=C(O)[C@@H]1C[C@H]2CC[C@@H]1N(C(=O)[C@@H]1CC[C@H]3C[C@@H]1CO3)C2. The fraction of sp³-hybridized carbons (Fsp3) is 0.875. The second-order valence-corrected chi connectivity index (χ2v) is 7.32. The van der Waals surface area contributed by atoms with Crippen LogP contribution in [0.25, 0.3) is 0 Å². The van der Waals surface area contributed by atoms with E-state index in [4.69, 9.17) is 4.74 Å². The van der Waals surface area contributed by atoms with Crippen LogP contribution < -0.4 is 0 Å². The topological polar surface area (TPSA) is 66.8 Å². The van der Waals surface area contributed by atoms with Crippen LogP contribution in [0.3, 0.4) is 0 Å². The molecule has 3 heterocycles. The summed E-state index contributed by atoms with van der Waals surface area (Å²) in [6.07, 6.45) is 5.98. The zero-order valence-corrected chi connectivity index (χ0v) is 12.2. The minimum atomic E-state index is -0.727. The van der Waals surface area contributed by atoms with Crippen molar-refractivity contribution in [3.63, 3.8) is 0 Å². The van der Waals surface area contributed by atoms with Gasteiger partial charge < -0.3 is 14.7 Å². The van der Waals surface area contributed by atoms with Gasteiger partial charge >= 0.3 is 5.97 Å². The summed E-state index contributed by atoms with van der Waals surface area (Å²) in [7, 11) is 0. The maximum absolute atomic E-state index is 13.0. The predicted octanol–water partition coefficient (Wildman–Crippen LogP) is 1.51. The van der Waals surface area contributed by atoms with E-state index in [1.165, 1.54) is 0 Å². The summed E-state index contributed by atoms with van der Waals surface area (Å²) in [5.74, 6) is -0.0499. The Labute approximate surface area is 124 Å². The van der Waals surface area contributed by atoms with Crippen LogP contribution >= 0.6 is 0 Å². The van der Waals surface area contributed by atoms with Crippen LogP contribution in [0.2, 0.25) is 0 Å². The standard InChI is InChI=1S/C16H23NO4/c18-15(12-3-2-11-6-10(12)8-21-11)17-7-9-1-4-14(17)13(5-9)16(19)20/h9-14H,1-8H2,(H,19,20)/t9-,10-,11+,12-,13-,14+/m1/s1. The van der Waals surface area contributed by atoms with Crippen molar-refractivity contribution in [2.45, 2.75) is 50.7 Å². The molecule has 0 aromatic carbocycles. The number of ether oxygens (including phenoxy) is 1. The molecule has 0 spiro atoms. The number of rotatable bonds is 2. The number of hydrogen-bond acceptors (Lipinski definition) is 3. The van der Waals surface area contributed by atoms with Gasteiger partial charge in [-0.3, -0.25) is 9.59 Å². The highest BCUT2D eigenvalue weighted by atomic mass is 16.5. The number of piperidine rings is 2. The molecule has 5 rings (SSSR count). The fourth-order valence-electron chi connectivity index (χ4n) is 5.07. The smallest absolute Gasteiger partial charge is 0.308 e. The van der Waals surface area contributed by atoms with E-state index in [0.717, 1.165) is 45.1 Å². The molecule has 3 saturated heterocycles. The monoisotopic (exact) mass is 293 g/mol. The molecule has 1 amide bonds. The van der Waals surface area contributed by atoms with Crippen LogP contribution in [-0.4, -0.2) is 47.2 Å². The first-order valence-corrected chi connectivity index (χ1v) is 8.28. The Hall–Kier alpha value is -1.10. The van der Waals surface area contributed by atoms with E-state index in [-0.39, 0.29) is 23.8 Å². The van der Waals surface area contributed by atoms with Crippen LogP contribution in [0.15, 0.2) is 0 Å². The lowest BCUT2D eigenvalue weighted by molar-refractivity contribution is -0.158. The molecule has 4 bridgehead atoms. The number of hydrogen-bond donors (Lipinski definition) is 1. The van der Waals surface area contributed by atoms with Gasteiger partial charge in [0, 0.05) is 18.5 Å². The molecule has 0 radical (unpaired) electrons. The highest BCUT2D eigenvalue weighted by Crippen LogP contribution is 2.43. The van der Waals surface area contributed by atoms with E-state index in [0.29, 0.717) is 24.5 Å². The van der Waals surface area contributed by atoms with Gasteiger partial charge in [-0.05, 0) is 50.4 Å². The Morgan fingerprint density at radius 3 is 2.67 bits per heavy atom. The highest BCUT2D eigenvalue weighted by Gasteiger charge is 2.49. The summed E-state index contributed by atoms with van der Waals surface area (Å²) in [4.78, 5) is 26.4. The maximum Gasteiger partial charge on any atom is 0.308 e. The Kier molecular flexibility index (Phi) is 3.21. The summed E-state index contributed by atoms with van der Waals surface area (Å²) >= 11 is 0. The van der Waals surface area contributed by atoms with Crippen molar-refractivity contribution < 1.29 is 19.4 Å². The van der Waals surface area contributed by atoms with Gasteiger partial charge in [-0.15, -0.1) is 0 Å². The van der Waals surface area contributed by atoms with Crippen molar-refractivity contribution in [3.8, 4) is 0 Å². The van der Waals surface area contributed by atoms with Gasteiger partial charge in [0.05, 0.1) is 18.6 Å². The van der Waals surface area contributed by atoms with Crippen LogP contribution in [0.4, 0.5) is 0 Å². The molecule has 5 nitrogen and oxygen atoms in total. The number of amides is 1. The number of carboxylic acid groups (broad SMARTS) is 1. The molecule has 6 atom stereocenters. The minimum Gasteiger partial charge on any atom is -0.481 e. The zero-order chi connectivity index (χ0) is 14.6. The third-order valence-corrected chi connectivity index (χ3v) is 6.18. The van der Waals surface area contributed by atoms with Gasteiger partial charge in [-0.1, -0.05) is 0 Å². The third-order valence-electron chi connectivity index (χ3n) is 6.18. The zero-order valence-electron chi connectivity index (χ0n) is 12.2. The minimum absolute atomic E-state index is 0.0672. The van der Waals surface area contributed by atoms with E-state index in [1.807, 2.05) is 4.90 Å². The molecular weight excluding hydrogens is 270 g/mol. The van der Waals surface area contributed by atoms with Crippen LogP contribution in [0.1, 0.15) is 38.5 Å². The van der Waals surface area contributed by atoms with Gasteiger partial charge in [0.15, 0.2) is 0 Å². The van der Waals surface area contributed by atoms with Gasteiger partial charge in [0.2, 0.25) is 5.91 Å². The average Bonchev–Trinajstić information content (AvgIpc) is 2.88. The molecule has 3 aliphatic heterocycles. The molecule has 0 unspecified atom stereocenters. The molecule has 5 fully saturated rings. The molecule has 21 heavy (non-hydrogen) atoms. The van der Waals surface area contributed by atoms with Crippen molar-refractivity contribution in [2.75, 3.05) is 13.2 Å². The largest absolute Gasteiger partial charge is 0.481 e. The van der Waals surface area contributed by atoms with Crippen molar-refractivity contribution in [1.29, 1.82) is 0 Å². The van der Waals surface area contributed by atoms with Crippen molar-refractivity contribution in [3.05, 3.63) is 0 Å². The molecule has 1 N–H and O–H groups in total.